The van der Waals surface area contributed by atoms with Gasteiger partial charge in [-0.25, -0.2) is 0 Å². The first-order valence-electron chi connectivity index (χ1n) is 11.9. The van der Waals surface area contributed by atoms with E-state index in [1.807, 2.05) is 35.1 Å². The Labute approximate surface area is 194 Å². The van der Waals surface area contributed by atoms with Gasteiger partial charge < -0.3 is 10.6 Å². The van der Waals surface area contributed by atoms with E-state index in [0.717, 1.165) is 22.5 Å². The Morgan fingerprint density at radius 3 is 2.55 bits per heavy atom. The predicted octanol–water partition coefficient (Wildman–Crippen LogP) is 5.67. The SMILES string of the molecule is CC(C)c1cnn2c(NCc3ccc(-c4ccccn4)cc3)nc(NC3CCCCC3)nc12. The monoisotopic (exact) mass is 441 g/mol. The Morgan fingerprint density at radius 2 is 1.82 bits per heavy atom. The van der Waals surface area contributed by atoms with Gasteiger partial charge in [0.25, 0.3) is 0 Å². The van der Waals surface area contributed by atoms with E-state index in [-0.39, 0.29) is 0 Å². The van der Waals surface area contributed by atoms with Crippen molar-refractivity contribution in [3.05, 3.63) is 66.0 Å². The van der Waals surface area contributed by atoms with Gasteiger partial charge in [0.05, 0.1) is 11.9 Å². The molecule has 2 N–H and O–H groups in total. The van der Waals surface area contributed by atoms with E-state index in [1.165, 1.54) is 37.7 Å². The molecule has 0 radical (unpaired) electrons. The van der Waals surface area contributed by atoms with Crippen LogP contribution in [0.4, 0.5) is 11.9 Å². The molecule has 1 fully saturated rings. The Morgan fingerprint density at radius 1 is 1.00 bits per heavy atom. The normalized spacial score (nSPS) is 14.6. The first kappa shape index (κ1) is 21.4. The smallest absolute Gasteiger partial charge is 0.229 e. The number of hydrogen-bond donors (Lipinski definition) is 2. The van der Waals surface area contributed by atoms with Gasteiger partial charge in [0.15, 0.2) is 5.65 Å². The largest absolute Gasteiger partial charge is 0.351 e. The summed E-state index contributed by atoms with van der Waals surface area (Å²) >= 11 is 0. The summed E-state index contributed by atoms with van der Waals surface area (Å²) in [5.41, 5.74) is 5.25. The van der Waals surface area contributed by atoms with E-state index in [4.69, 9.17) is 9.97 Å². The van der Waals surface area contributed by atoms with Crippen molar-refractivity contribution in [3.8, 4) is 11.3 Å². The minimum atomic E-state index is 0.340. The van der Waals surface area contributed by atoms with Crippen LogP contribution in [-0.2, 0) is 6.54 Å². The summed E-state index contributed by atoms with van der Waals surface area (Å²) in [5.74, 6) is 1.73. The number of nitrogens with one attached hydrogen (secondary N) is 2. The van der Waals surface area contributed by atoms with Gasteiger partial charge in [-0.05, 0) is 36.5 Å². The fourth-order valence-electron chi connectivity index (χ4n) is 4.42. The topological polar surface area (TPSA) is 80.0 Å². The first-order chi connectivity index (χ1) is 16.2. The highest BCUT2D eigenvalue weighted by molar-refractivity contribution is 5.59. The minimum absolute atomic E-state index is 0.340. The molecule has 3 heterocycles. The zero-order valence-electron chi connectivity index (χ0n) is 19.3. The number of aromatic nitrogens is 5. The number of nitrogens with zero attached hydrogens (tertiary/aromatic N) is 5. The summed E-state index contributed by atoms with van der Waals surface area (Å²) in [5, 5.41) is 11.7. The molecular formula is C26H31N7. The third-order valence-electron chi connectivity index (χ3n) is 6.32. The van der Waals surface area contributed by atoms with Gasteiger partial charge in [-0.2, -0.15) is 19.6 Å². The molecule has 0 aliphatic heterocycles. The maximum Gasteiger partial charge on any atom is 0.229 e. The van der Waals surface area contributed by atoms with Crippen LogP contribution >= 0.6 is 0 Å². The fraction of sp³-hybridized carbons (Fsp3) is 0.385. The molecule has 33 heavy (non-hydrogen) atoms. The quantitative estimate of drug-likeness (QED) is 0.385. The number of benzene rings is 1. The number of hydrogen-bond acceptors (Lipinski definition) is 6. The summed E-state index contributed by atoms with van der Waals surface area (Å²) in [7, 11) is 0. The van der Waals surface area contributed by atoms with Crippen LogP contribution in [0.1, 0.15) is 63.0 Å². The maximum atomic E-state index is 4.84. The Hall–Kier alpha value is -3.48. The van der Waals surface area contributed by atoms with Crippen LogP contribution in [0, 0.1) is 0 Å². The molecule has 0 spiro atoms. The molecule has 170 valence electrons. The molecule has 0 amide bonds. The van der Waals surface area contributed by atoms with Crippen LogP contribution in [-0.4, -0.2) is 30.6 Å². The lowest BCUT2D eigenvalue weighted by molar-refractivity contribution is 0.461. The van der Waals surface area contributed by atoms with Crippen LogP contribution in [0.3, 0.4) is 0 Å². The van der Waals surface area contributed by atoms with Crippen molar-refractivity contribution >= 4 is 17.5 Å². The molecule has 7 nitrogen and oxygen atoms in total. The van der Waals surface area contributed by atoms with Crippen LogP contribution in [0.15, 0.2) is 54.9 Å². The zero-order valence-corrected chi connectivity index (χ0v) is 19.3. The number of fused-ring (bicyclic) bond motifs is 1. The first-order valence-corrected chi connectivity index (χ1v) is 11.9. The molecular weight excluding hydrogens is 410 g/mol. The third kappa shape index (κ3) is 4.82. The average molecular weight is 442 g/mol. The van der Waals surface area contributed by atoms with E-state index in [2.05, 4.69) is 58.8 Å². The number of anilines is 2. The van der Waals surface area contributed by atoms with Gasteiger partial charge in [-0.1, -0.05) is 63.4 Å². The second-order valence-corrected chi connectivity index (χ2v) is 9.11. The predicted molar refractivity (Wildman–Crippen MR) is 132 cm³/mol. The molecule has 0 bridgehead atoms. The molecule has 5 rings (SSSR count). The molecule has 1 aromatic carbocycles. The van der Waals surface area contributed by atoms with Crippen molar-refractivity contribution in [2.24, 2.45) is 0 Å². The van der Waals surface area contributed by atoms with Gasteiger partial charge in [0.1, 0.15) is 0 Å². The molecule has 1 saturated carbocycles. The summed E-state index contributed by atoms with van der Waals surface area (Å²) < 4.78 is 1.82. The molecule has 7 heteroatoms. The average Bonchev–Trinajstić information content (AvgIpc) is 3.29. The van der Waals surface area contributed by atoms with E-state index in [1.54, 1.807) is 0 Å². The Balaban J connectivity index is 1.38. The van der Waals surface area contributed by atoms with Crippen molar-refractivity contribution in [1.29, 1.82) is 0 Å². The summed E-state index contributed by atoms with van der Waals surface area (Å²) in [6.07, 6.45) is 9.94. The van der Waals surface area contributed by atoms with Gasteiger partial charge >= 0.3 is 0 Å². The molecule has 3 aromatic heterocycles. The molecule has 0 unspecified atom stereocenters. The second kappa shape index (κ2) is 9.57. The Bertz CT molecular complexity index is 1190. The van der Waals surface area contributed by atoms with Gasteiger partial charge in [-0.3, -0.25) is 4.98 Å². The van der Waals surface area contributed by atoms with E-state index in [0.29, 0.717) is 30.4 Å². The lowest BCUT2D eigenvalue weighted by Crippen LogP contribution is -2.24. The van der Waals surface area contributed by atoms with Crippen LogP contribution in [0.2, 0.25) is 0 Å². The highest BCUT2D eigenvalue weighted by Crippen LogP contribution is 2.25. The summed E-state index contributed by atoms with van der Waals surface area (Å²) in [4.78, 5) is 14.1. The van der Waals surface area contributed by atoms with Gasteiger partial charge in [0.2, 0.25) is 11.9 Å². The molecule has 1 aliphatic carbocycles. The van der Waals surface area contributed by atoms with Crippen molar-refractivity contribution in [3.63, 3.8) is 0 Å². The molecule has 0 atom stereocenters. The van der Waals surface area contributed by atoms with Gasteiger partial charge in [-0.15, -0.1) is 0 Å². The lowest BCUT2D eigenvalue weighted by atomic mass is 9.96. The summed E-state index contributed by atoms with van der Waals surface area (Å²) in [6, 6.07) is 14.9. The lowest BCUT2D eigenvalue weighted by Gasteiger charge is -2.23. The van der Waals surface area contributed by atoms with Crippen LogP contribution < -0.4 is 10.6 Å². The van der Waals surface area contributed by atoms with Crippen LogP contribution in [0.5, 0.6) is 0 Å². The molecule has 1 aliphatic rings. The van der Waals surface area contributed by atoms with E-state index in [9.17, 15) is 0 Å². The molecule has 0 saturated heterocycles. The zero-order chi connectivity index (χ0) is 22.6. The standard InChI is InChI=1S/C26H31N7/c1-18(2)22-17-29-33-24(22)31-25(30-21-8-4-3-5-9-21)32-26(33)28-16-19-11-13-20(14-12-19)23-10-6-7-15-27-23/h6-7,10-15,17-18,21H,3-5,8-9,16H2,1-2H3,(H2,28,30,31,32). The van der Waals surface area contributed by atoms with E-state index < -0.39 is 0 Å². The van der Waals surface area contributed by atoms with Crippen molar-refractivity contribution in [1.82, 2.24) is 24.6 Å². The maximum absolute atomic E-state index is 4.84. The summed E-state index contributed by atoms with van der Waals surface area (Å²) in [6.45, 7) is 4.99. The number of pyridine rings is 1. The van der Waals surface area contributed by atoms with Crippen LogP contribution in [0.25, 0.3) is 16.9 Å². The van der Waals surface area contributed by atoms with Crippen molar-refractivity contribution < 1.29 is 0 Å². The minimum Gasteiger partial charge on any atom is -0.351 e. The van der Waals surface area contributed by atoms with E-state index >= 15 is 0 Å². The third-order valence-corrected chi connectivity index (χ3v) is 6.32. The van der Waals surface area contributed by atoms with Crippen molar-refractivity contribution in [2.45, 2.75) is 64.5 Å². The highest BCUT2D eigenvalue weighted by atomic mass is 15.4. The fourth-order valence-corrected chi connectivity index (χ4v) is 4.42. The highest BCUT2D eigenvalue weighted by Gasteiger charge is 2.18. The van der Waals surface area contributed by atoms with Crippen molar-refractivity contribution in [2.75, 3.05) is 10.6 Å². The number of rotatable bonds is 7. The molecule has 4 aromatic rings. The Kier molecular flexibility index (Phi) is 6.19. The second-order valence-electron chi connectivity index (χ2n) is 9.11. The van der Waals surface area contributed by atoms with Gasteiger partial charge in [0, 0.05) is 29.9 Å².